The maximum Gasteiger partial charge on any atom is 0.416 e. The highest BCUT2D eigenvalue weighted by Crippen LogP contribution is 2.30. The lowest BCUT2D eigenvalue weighted by Gasteiger charge is -2.31. The van der Waals surface area contributed by atoms with Crippen LogP contribution in [0.3, 0.4) is 0 Å². The van der Waals surface area contributed by atoms with Gasteiger partial charge in [-0.05, 0) is 49.7 Å². The van der Waals surface area contributed by atoms with Crippen molar-refractivity contribution in [3.63, 3.8) is 0 Å². The van der Waals surface area contributed by atoms with E-state index in [0.29, 0.717) is 42.9 Å². The van der Waals surface area contributed by atoms with E-state index in [9.17, 15) is 23.2 Å². The molecule has 0 saturated carbocycles. The molecule has 0 unspecified atom stereocenters. The Labute approximate surface area is 167 Å². The van der Waals surface area contributed by atoms with E-state index in [1.807, 2.05) is 4.81 Å². The zero-order chi connectivity index (χ0) is 20.9. The third-order valence-corrected chi connectivity index (χ3v) is 4.80. The number of benzene rings is 1. The zero-order valence-corrected chi connectivity index (χ0v) is 15.5. The van der Waals surface area contributed by atoms with Crippen LogP contribution in [0, 0.1) is 11.3 Å². The molecule has 2 aromatic rings. The molecule has 1 fully saturated rings. The number of alkyl halides is 3. The number of hydrogen-bond acceptors (Lipinski definition) is 5. The second-order valence-electron chi connectivity index (χ2n) is 6.75. The predicted octanol–water partition coefficient (Wildman–Crippen LogP) is 3.22. The summed E-state index contributed by atoms with van der Waals surface area (Å²) < 4.78 is 44.1. The van der Waals surface area contributed by atoms with Gasteiger partial charge in [-0.2, -0.15) is 18.4 Å². The van der Waals surface area contributed by atoms with E-state index in [-0.39, 0.29) is 18.1 Å². The summed E-state index contributed by atoms with van der Waals surface area (Å²) >= 11 is 0. The SMILES string of the molecule is N#Cc1c(OC2CCN([B]C=O)CC2)ccnc1Cc1ccc(C(F)(F)F)cc1. The zero-order valence-electron chi connectivity index (χ0n) is 15.5. The number of carbonyl (C=O) groups is 1. The maximum absolute atomic E-state index is 12.7. The van der Waals surface area contributed by atoms with Crippen molar-refractivity contribution in [3.8, 4) is 11.8 Å². The van der Waals surface area contributed by atoms with Crippen LogP contribution in [0.1, 0.15) is 35.2 Å². The van der Waals surface area contributed by atoms with Gasteiger partial charge in [0.1, 0.15) is 23.5 Å². The number of piperidine rings is 1. The van der Waals surface area contributed by atoms with Gasteiger partial charge in [0, 0.05) is 12.6 Å². The van der Waals surface area contributed by atoms with Crippen LogP contribution in [-0.2, 0) is 17.4 Å². The summed E-state index contributed by atoms with van der Waals surface area (Å²) in [5.74, 6) is 0.419. The highest BCUT2D eigenvalue weighted by atomic mass is 19.4. The minimum atomic E-state index is -4.39. The second kappa shape index (κ2) is 9.10. The summed E-state index contributed by atoms with van der Waals surface area (Å²) in [6, 6.07) is 8.55. The highest BCUT2D eigenvalue weighted by Gasteiger charge is 2.30. The van der Waals surface area contributed by atoms with Crippen LogP contribution in [0.15, 0.2) is 36.5 Å². The Hall–Kier alpha value is -2.86. The lowest BCUT2D eigenvalue weighted by molar-refractivity contribution is -0.137. The largest absolute Gasteiger partial charge is 0.489 e. The van der Waals surface area contributed by atoms with Crippen molar-refractivity contribution in [1.29, 1.82) is 5.26 Å². The van der Waals surface area contributed by atoms with Crippen molar-refractivity contribution in [2.24, 2.45) is 0 Å². The monoisotopic (exact) mass is 400 g/mol. The summed E-state index contributed by atoms with van der Waals surface area (Å²) in [5.41, 5.74) is 0.646. The Balaban J connectivity index is 1.71. The van der Waals surface area contributed by atoms with Gasteiger partial charge in [-0.25, -0.2) is 0 Å². The van der Waals surface area contributed by atoms with Gasteiger partial charge in [-0.15, -0.1) is 0 Å². The van der Waals surface area contributed by atoms with E-state index in [1.165, 1.54) is 25.7 Å². The minimum Gasteiger partial charge on any atom is -0.489 e. The van der Waals surface area contributed by atoms with Gasteiger partial charge < -0.3 is 14.3 Å². The molecule has 2 heterocycles. The number of ether oxygens (including phenoxy) is 1. The summed E-state index contributed by atoms with van der Waals surface area (Å²) in [4.78, 5) is 16.7. The molecule has 0 amide bonds. The Bertz CT molecular complexity index is 889. The molecule has 5 nitrogen and oxygen atoms in total. The van der Waals surface area contributed by atoms with Gasteiger partial charge in [-0.1, -0.05) is 12.1 Å². The van der Waals surface area contributed by atoms with Crippen molar-refractivity contribution < 1.29 is 22.7 Å². The molecule has 1 aliphatic heterocycles. The van der Waals surface area contributed by atoms with Crippen molar-refractivity contribution in [3.05, 3.63) is 58.9 Å². The second-order valence-corrected chi connectivity index (χ2v) is 6.75. The predicted molar refractivity (Wildman–Crippen MR) is 101 cm³/mol. The van der Waals surface area contributed by atoms with Gasteiger partial charge >= 0.3 is 6.18 Å². The number of pyridine rings is 1. The molecular weight excluding hydrogens is 382 g/mol. The molecule has 1 aromatic carbocycles. The molecule has 0 aliphatic carbocycles. The van der Waals surface area contributed by atoms with Gasteiger partial charge in [0.25, 0.3) is 7.41 Å². The normalized spacial score (nSPS) is 15.5. The average molecular weight is 400 g/mol. The van der Waals surface area contributed by atoms with E-state index in [1.54, 1.807) is 6.07 Å². The van der Waals surface area contributed by atoms with Gasteiger partial charge in [0.05, 0.1) is 17.4 Å². The van der Waals surface area contributed by atoms with E-state index < -0.39 is 11.7 Å². The smallest absolute Gasteiger partial charge is 0.416 e. The first kappa shape index (κ1) is 20.9. The molecule has 0 spiro atoms. The van der Waals surface area contributed by atoms with E-state index >= 15 is 0 Å². The molecule has 1 aromatic heterocycles. The number of halogens is 3. The molecule has 0 atom stereocenters. The number of rotatable bonds is 6. The first-order chi connectivity index (χ1) is 13.9. The summed E-state index contributed by atoms with van der Waals surface area (Å²) in [6.45, 7) is 1.38. The molecule has 0 bridgehead atoms. The van der Waals surface area contributed by atoms with E-state index in [2.05, 4.69) is 11.1 Å². The minimum absolute atomic E-state index is 0.0836. The Kier molecular flexibility index (Phi) is 6.55. The fourth-order valence-electron chi connectivity index (χ4n) is 3.25. The van der Waals surface area contributed by atoms with Crippen LogP contribution >= 0.6 is 0 Å². The van der Waals surface area contributed by atoms with Crippen molar-refractivity contribution in [2.75, 3.05) is 13.1 Å². The van der Waals surface area contributed by atoms with Crippen molar-refractivity contribution >= 4 is 13.6 Å². The molecule has 149 valence electrons. The first-order valence-electron chi connectivity index (χ1n) is 9.14. The van der Waals surface area contributed by atoms with Crippen LogP contribution in [0.2, 0.25) is 0 Å². The summed E-state index contributed by atoms with van der Waals surface area (Å²) in [6.07, 6.45) is -0.528. The van der Waals surface area contributed by atoms with Crippen molar-refractivity contribution in [2.45, 2.75) is 31.5 Å². The van der Waals surface area contributed by atoms with Crippen LogP contribution in [0.5, 0.6) is 5.75 Å². The van der Waals surface area contributed by atoms with Crippen LogP contribution in [0.25, 0.3) is 0 Å². The number of hydrogen-bond donors (Lipinski definition) is 0. The topological polar surface area (TPSA) is 66.2 Å². The Morgan fingerprint density at radius 3 is 2.52 bits per heavy atom. The molecule has 9 heteroatoms. The maximum atomic E-state index is 12.7. The summed E-state index contributed by atoms with van der Waals surface area (Å²) in [5, 5.41) is 9.60. The van der Waals surface area contributed by atoms with E-state index in [4.69, 9.17) is 4.74 Å². The summed E-state index contributed by atoms with van der Waals surface area (Å²) in [7, 11) is 1.51. The number of nitriles is 1. The van der Waals surface area contributed by atoms with Gasteiger partial charge in [0.15, 0.2) is 0 Å². The molecular formula is C20H18BF3N3O2. The highest BCUT2D eigenvalue weighted by molar-refractivity contribution is 6.64. The van der Waals surface area contributed by atoms with Gasteiger partial charge in [-0.3, -0.25) is 4.98 Å². The Morgan fingerprint density at radius 2 is 1.93 bits per heavy atom. The third kappa shape index (κ3) is 5.36. The lowest BCUT2D eigenvalue weighted by Crippen LogP contribution is -2.40. The lowest BCUT2D eigenvalue weighted by atomic mass is 9.90. The quantitative estimate of drug-likeness (QED) is 0.551. The molecule has 0 N–H and O–H groups in total. The molecule has 3 rings (SSSR count). The number of carbonyl (C=O) groups excluding carboxylic acids is 1. The first-order valence-corrected chi connectivity index (χ1v) is 9.14. The van der Waals surface area contributed by atoms with Crippen LogP contribution in [-0.4, -0.2) is 42.6 Å². The fraction of sp³-hybridized carbons (Fsp3) is 0.350. The Morgan fingerprint density at radius 1 is 1.24 bits per heavy atom. The van der Waals surface area contributed by atoms with Gasteiger partial charge in [0.2, 0.25) is 0 Å². The van der Waals surface area contributed by atoms with Crippen LogP contribution in [0.4, 0.5) is 13.2 Å². The number of aromatic nitrogens is 1. The van der Waals surface area contributed by atoms with E-state index in [0.717, 1.165) is 18.3 Å². The molecule has 1 saturated heterocycles. The number of nitrogens with zero attached hydrogens (tertiary/aromatic N) is 3. The third-order valence-electron chi connectivity index (χ3n) is 4.80. The average Bonchev–Trinajstić information content (AvgIpc) is 2.70. The molecule has 29 heavy (non-hydrogen) atoms. The molecule has 1 aliphatic rings. The van der Waals surface area contributed by atoms with Crippen LogP contribution < -0.4 is 4.74 Å². The standard InChI is InChI=1S/C20H18BF3N3O2/c22-20(23,24)15-3-1-14(2-4-15)11-18-17(12-25)19(5-8-26-18)29-16-6-9-27(10-7-16)21-13-28/h1-5,8,13,16H,6-7,9-11H2. The van der Waals surface area contributed by atoms with Crippen molar-refractivity contribution in [1.82, 2.24) is 9.79 Å². The molecule has 1 radical (unpaired) electrons. The fourth-order valence-corrected chi connectivity index (χ4v) is 3.25.